The van der Waals surface area contributed by atoms with Gasteiger partial charge in [0.15, 0.2) is 11.4 Å². The number of phenols is 1. The van der Waals surface area contributed by atoms with Crippen LogP contribution in [0.25, 0.3) is 15.8 Å². The maximum absolute atomic E-state index is 9.40. The molecule has 0 heterocycles. The number of halogens is 2. The second-order valence-corrected chi connectivity index (χ2v) is 4.08. The highest BCUT2D eigenvalue weighted by Crippen LogP contribution is 2.33. The van der Waals surface area contributed by atoms with Crippen molar-refractivity contribution in [2.24, 2.45) is 0 Å². The van der Waals surface area contributed by atoms with Crippen LogP contribution in [-0.4, -0.2) is 5.11 Å². The average molecular weight is 290 g/mol. The summed E-state index contributed by atoms with van der Waals surface area (Å²) in [6.07, 6.45) is 2.57. The van der Waals surface area contributed by atoms with E-state index < -0.39 is 0 Å². The number of benzene rings is 1. The molecule has 0 aliphatic carbocycles. The Balaban J connectivity index is 3.29. The molecular weight excluding hydrogens is 285 g/mol. The smallest absolute Gasteiger partial charge is 0.251 e. The van der Waals surface area contributed by atoms with E-state index >= 15 is 0 Å². The zero-order valence-electron chi connectivity index (χ0n) is 9.35. The molecule has 0 atom stereocenters. The number of allylic oxidation sites excluding steroid dienone is 2. The molecule has 0 aromatic heterocycles. The fraction of sp³-hybridized carbons (Fsp3) is 0. The molecule has 0 saturated carbocycles. The Morgan fingerprint density at radius 1 is 1.26 bits per heavy atom. The fourth-order valence-electron chi connectivity index (χ4n) is 1.18. The first kappa shape index (κ1) is 14.6. The Morgan fingerprint density at radius 3 is 2.26 bits per heavy atom. The minimum absolute atomic E-state index is 0.0535. The van der Waals surface area contributed by atoms with Gasteiger partial charge in [-0.2, -0.15) is 0 Å². The summed E-state index contributed by atoms with van der Waals surface area (Å²) in [7, 11) is 0. The summed E-state index contributed by atoms with van der Waals surface area (Å²) in [4.78, 5) is 6.15. The lowest BCUT2D eigenvalue weighted by atomic mass is 10.1. The molecule has 0 spiro atoms. The van der Waals surface area contributed by atoms with Gasteiger partial charge in [-0.05, 0) is 23.8 Å². The Morgan fingerprint density at radius 2 is 1.84 bits per heavy atom. The van der Waals surface area contributed by atoms with Crippen molar-refractivity contribution in [2.45, 2.75) is 0 Å². The van der Waals surface area contributed by atoms with Crippen LogP contribution in [0.15, 0.2) is 29.6 Å². The first-order chi connectivity index (χ1) is 9.01. The van der Waals surface area contributed by atoms with Crippen LogP contribution in [0.3, 0.4) is 0 Å². The van der Waals surface area contributed by atoms with Gasteiger partial charge in [0.05, 0.1) is 29.3 Å². The van der Waals surface area contributed by atoms with E-state index in [9.17, 15) is 5.11 Å². The highest BCUT2D eigenvalue weighted by Gasteiger charge is 2.06. The summed E-state index contributed by atoms with van der Waals surface area (Å²) >= 11 is 11.5. The van der Waals surface area contributed by atoms with E-state index in [4.69, 9.17) is 41.6 Å². The van der Waals surface area contributed by atoms with Crippen molar-refractivity contribution in [1.82, 2.24) is 0 Å². The number of nitrogens with zero attached hydrogens (tertiary/aromatic N) is 3. The summed E-state index contributed by atoms with van der Waals surface area (Å²) in [5.74, 6) is -0.237. The number of aromatic hydroxyl groups is 1. The Kier molecular flexibility index (Phi) is 4.98. The normalized spacial score (nSPS) is 11.3. The van der Waals surface area contributed by atoms with Gasteiger partial charge in [-0.1, -0.05) is 29.3 Å². The number of hydrogen-bond acceptors (Lipinski definition) is 2. The molecule has 0 radical (unpaired) electrons. The number of rotatable bonds is 2. The third-order valence-corrected chi connectivity index (χ3v) is 2.58. The average Bonchev–Trinajstić information content (AvgIpc) is 2.40. The summed E-state index contributed by atoms with van der Waals surface area (Å²) < 4.78 is 0. The molecule has 0 fully saturated rings. The molecule has 1 aromatic carbocycles. The van der Waals surface area contributed by atoms with Gasteiger partial charge in [0, 0.05) is 0 Å². The van der Waals surface area contributed by atoms with Crippen molar-refractivity contribution in [3.05, 3.63) is 68.0 Å². The standard InChI is InChI=1S/C13H5Cl2N3O/c1-17-9(6-10(7-16)18-2)3-8-4-11(14)13(19)12(15)5-8/h3-6,19H/b9-3+,10-6-. The molecular formula is C13H5Cl2N3O. The highest BCUT2D eigenvalue weighted by atomic mass is 35.5. The second kappa shape index (κ2) is 6.47. The molecule has 0 aliphatic rings. The number of nitriles is 1. The van der Waals surface area contributed by atoms with Gasteiger partial charge in [0.1, 0.15) is 0 Å². The molecule has 1 N–H and O–H groups in total. The van der Waals surface area contributed by atoms with Crippen molar-refractivity contribution in [1.29, 1.82) is 5.26 Å². The number of hydrogen-bond donors (Lipinski definition) is 1. The van der Waals surface area contributed by atoms with Gasteiger partial charge in [-0.3, -0.25) is 0 Å². The van der Waals surface area contributed by atoms with Crippen LogP contribution in [0, 0.1) is 24.5 Å². The monoisotopic (exact) mass is 289 g/mol. The first-order valence-corrected chi connectivity index (χ1v) is 5.53. The summed E-state index contributed by atoms with van der Waals surface area (Å²) in [5.41, 5.74) is 0.376. The fourth-order valence-corrected chi connectivity index (χ4v) is 1.68. The number of phenolic OH excluding ortho intramolecular Hbond substituents is 1. The van der Waals surface area contributed by atoms with Crippen molar-refractivity contribution in [3.63, 3.8) is 0 Å². The van der Waals surface area contributed by atoms with Crippen molar-refractivity contribution >= 4 is 29.3 Å². The molecule has 1 rings (SSSR count). The predicted molar refractivity (Wildman–Crippen MR) is 73.0 cm³/mol. The van der Waals surface area contributed by atoms with E-state index in [-0.39, 0.29) is 27.2 Å². The molecule has 0 saturated heterocycles. The van der Waals surface area contributed by atoms with Crippen LogP contribution >= 0.6 is 23.2 Å². The summed E-state index contributed by atoms with van der Waals surface area (Å²) in [6, 6.07) is 4.51. The molecule has 0 aliphatic heterocycles. The molecule has 92 valence electrons. The first-order valence-electron chi connectivity index (χ1n) is 4.78. The van der Waals surface area contributed by atoms with Crippen LogP contribution in [-0.2, 0) is 0 Å². The van der Waals surface area contributed by atoms with Gasteiger partial charge in [0.25, 0.3) is 5.70 Å². The Hall–Kier alpha value is -2.45. The van der Waals surface area contributed by atoms with E-state index in [1.807, 2.05) is 0 Å². The van der Waals surface area contributed by atoms with Crippen LogP contribution in [0.5, 0.6) is 5.75 Å². The van der Waals surface area contributed by atoms with Crippen LogP contribution < -0.4 is 0 Å². The maximum Gasteiger partial charge on any atom is 0.251 e. The minimum atomic E-state index is -0.237. The van der Waals surface area contributed by atoms with Gasteiger partial charge < -0.3 is 5.11 Å². The SMILES string of the molecule is [C-]#[N+]/C(C#N)=C\C(=C/c1cc(Cl)c(O)c(Cl)c1)[N+]#[C-]. The topological polar surface area (TPSA) is 52.7 Å². The molecule has 0 unspecified atom stereocenters. The lowest BCUT2D eigenvalue weighted by molar-refractivity contribution is 0.476. The minimum Gasteiger partial charge on any atom is -0.505 e. The van der Waals surface area contributed by atoms with Gasteiger partial charge in [-0.15, -0.1) is 0 Å². The molecule has 0 amide bonds. The largest absolute Gasteiger partial charge is 0.505 e. The lowest BCUT2D eigenvalue weighted by Crippen LogP contribution is -1.79. The third kappa shape index (κ3) is 3.76. The second-order valence-electron chi connectivity index (χ2n) is 3.27. The van der Waals surface area contributed by atoms with Crippen molar-refractivity contribution in [2.75, 3.05) is 0 Å². The molecule has 0 bridgehead atoms. The van der Waals surface area contributed by atoms with Crippen LogP contribution in [0.2, 0.25) is 10.0 Å². The van der Waals surface area contributed by atoms with Gasteiger partial charge in [0.2, 0.25) is 0 Å². The third-order valence-electron chi connectivity index (χ3n) is 2.00. The van der Waals surface area contributed by atoms with E-state index in [0.717, 1.165) is 6.08 Å². The Bertz CT molecular complexity index is 661. The van der Waals surface area contributed by atoms with E-state index in [0.29, 0.717) is 5.56 Å². The quantitative estimate of drug-likeness (QED) is 0.502. The zero-order valence-corrected chi connectivity index (χ0v) is 10.9. The van der Waals surface area contributed by atoms with Gasteiger partial charge in [-0.25, -0.2) is 15.0 Å². The molecule has 6 heteroatoms. The van der Waals surface area contributed by atoms with E-state index in [1.165, 1.54) is 18.2 Å². The van der Waals surface area contributed by atoms with E-state index in [2.05, 4.69) is 9.69 Å². The van der Waals surface area contributed by atoms with Crippen LogP contribution in [0.4, 0.5) is 0 Å². The van der Waals surface area contributed by atoms with E-state index in [1.54, 1.807) is 6.07 Å². The summed E-state index contributed by atoms with van der Waals surface area (Å²) in [6.45, 7) is 13.7. The summed E-state index contributed by atoms with van der Waals surface area (Å²) in [5, 5.41) is 18.1. The van der Waals surface area contributed by atoms with Gasteiger partial charge >= 0.3 is 0 Å². The molecule has 19 heavy (non-hydrogen) atoms. The predicted octanol–water partition coefficient (Wildman–Crippen LogP) is 4.29. The van der Waals surface area contributed by atoms with Crippen LogP contribution in [0.1, 0.15) is 5.56 Å². The Labute approximate surface area is 120 Å². The van der Waals surface area contributed by atoms with Crippen molar-refractivity contribution < 1.29 is 5.11 Å². The maximum atomic E-state index is 9.40. The zero-order chi connectivity index (χ0) is 14.4. The van der Waals surface area contributed by atoms with Crippen molar-refractivity contribution in [3.8, 4) is 11.8 Å². The lowest BCUT2D eigenvalue weighted by Gasteiger charge is -2.02. The molecule has 4 nitrogen and oxygen atoms in total. The molecule has 1 aromatic rings. The highest BCUT2D eigenvalue weighted by molar-refractivity contribution is 6.37.